The summed E-state index contributed by atoms with van der Waals surface area (Å²) in [5.41, 5.74) is 2.12. The van der Waals surface area contributed by atoms with Crippen LogP contribution in [-0.2, 0) is 0 Å². The number of carbonyl (C=O) groups is 1. The molecular formula is C15H13N5O. The number of pyridine rings is 1. The molecule has 0 aliphatic heterocycles. The Hall–Kier alpha value is -3.02. The molecule has 21 heavy (non-hydrogen) atoms. The third kappa shape index (κ3) is 2.94. The molecule has 0 atom stereocenters. The van der Waals surface area contributed by atoms with Gasteiger partial charge >= 0.3 is 0 Å². The van der Waals surface area contributed by atoms with E-state index in [9.17, 15) is 4.79 Å². The maximum absolute atomic E-state index is 12.0. The number of nitrogens with zero attached hydrogens (tertiary/aromatic N) is 3. The zero-order chi connectivity index (χ0) is 14.7. The molecule has 0 unspecified atom stereocenters. The molecule has 1 amide bonds. The van der Waals surface area contributed by atoms with E-state index in [2.05, 4.69) is 25.5 Å². The average Bonchev–Trinajstić information content (AvgIpc) is 2.95. The van der Waals surface area contributed by atoms with Crippen molar-refractivity contribution in [3.05, 3.63) is 60.2 Å². The number of aryl methyl sites for hydroxylation is 1. The maximum Gasteiger partial charge on any atom is 0.257 e. The molecule has 0 aliphatic carbocycles. The van der Waals surface area contributed by atoms with Gasteiger partial charge in [0.15, 0.2) is 5.82 Å². The third-order valence-electron chi connectivity index (χ3n) is 2.92. The van der Waals surface area contributed by atoms with E-state index in [0.717, 1.165) is 11.4 Å². The van der Waals surface area contributed by atoms with Gasteiger partial charge in [0.1, 0.15) is 5.82 Å². The van der Waals surface area contributed by atoms with Gasteiger partial charge in [-0.15, -0.1) is 0 Å². The summed E-state index contributed by atoms with van der Waals surface area (Å²) in [5.74, 6) is 1.21. The number of amides is 1. The van der Waals surface area contributed by atoms with Crippen LogP contribution in [0, 0.1) is 6.92 Å². The molecular weight excluding hydrogens is 266 g/mol. The fourth-order valence-corrected chi connectivity index (χ4v) is 1.87. The van der Waals surface area contributed by atoms with E-state index >= 15 is 0 Å². The lowest BCUT2D eigenvalue weighted by molar-refractivity contribution is 0.102. The molecule has 6 nitrogen and oxygen atoms in total. The molecule has 2 heterocycles. The van der Waals surface area contributed by atoms with E-state index in [1.165, 1.54) is 6.20 Å². The highest BCUT2D eigenvalue weighted by atomic mass is 16.1. The van der Waals surface area contributed by atoms with E-state index in [1.807, 2.05) is 31.2 Å². The minimum absolute atomic E-state index is 0.190. The van der Waals surface area contributed by atoms with Crippen LogP contribution in [0.4, 0.5) is 5.69 Å². The SMILES string of the molecule is Cc1nc(-c2ccc(NC(=O)c3cccnc3)cc2)n[nH]1. The van der Waals surface area contributed by atoms with Gasteiger partial charge in [0, 0.05) is 23.6 Å². The highest BCUT2D eigenvalue weighted by molar-refractivity contribution is 6.04. The Morgan fingerprint density at radius 3 is 2.62 bits per heavy atom. The van der Waals surface area contributed by atoms with E-state index in [4.69, 9.17) is 0 Å². The summed E-state index contributed by atoms with van der Waals surface area (Å²) >= 11 is 0. The molecule has 6 heteroatoms. The molecule has 0 aliphatic rings. The van der Waals surface area contributed by atoms with Crippen molar-refractivity contribution in [3.63, 3.8) is 0 Å². The summed E-state index contributed by atoms with van der Waals surface area (Å²) in [4.78, 5) is 20.2. The summed E-state index contributed by atoms with van der Waals surface area (Å²) in [6.45, 7) is 1.85. The van der Waals surface area contributed by atoms with Crippen LogP contribution < -0.4 is 5.32 Å². The van der Waals surface area contributed by atoms with Crippen LogP contribution in [0.2, 0.25) is 0 Å². The Morgan fingerprint density at radius 1 is 1.19 bits per heavy atom. The van der Waals surface area contributed by atoms with Gasteiger partial charge < -0.3 is 5.32 Å². The van der Waals surface area contributed by atoms with Crippen molar-refractivity contribution >= 4 is 11.6 Å². The third-order valence-corrected chi connectivity index (χ3v) is 2.92. The van der Waals surface area contributed by atoms with E-state index < -0.39 is 0 Å². The number of anilines is 1. The van der Waals surface area contributed by atoms with E-state index in [0.29, 0.717) is 17.1 Å². The minimum atomic E-state index is -0.190. The number of nitrogens with one attached hydrogen (secondary N) is 2. The van der Waals surface area contributed by atoms with Crippen molar-refractivity contribution in [2.75, 3.05) is 5.32 Å². The molecule has 3 rings (SSSR count). The first-order chi connectivity index (χ1) is 10.2. The number of aromatic nitrogens is 4. The zero-order valence-electron chi connectivity index (χ0n) is 11.4. The number of aromatic amines is 1. The molecule has 0 spiro atoms. The Labute approximate surface area is 121 Å². The van der Waals surface area contributed by atoms with Gasteiger partial charge in [0.05, 0.1) is 5.56 Å². The van der Waals surface area contributed by atoms with Crippen LogP contribution in [0.25, 0.3) is 11.4 Å². The number of H-pyrrole nitrogens is 1. The van der Waals surface area contributed by atoms with Gasteiger partial charge in [-0.3, -0.25) is 14.9 Å². The fraction of sp³-hybridized carbons (Fsp3) is 0.0667. The van der Waals surface area contributed by atoms with Gasteiger partial charge in [0.25, 0.3) is 5.91 Å². The highest BCUT2D eigenvalue weighted by Gasteiger charge is 2.07. The van der Waals surface area contributed by atoms with E-state index in [1.54, 1.807) is 18.3 Å². The minimum Gasteiger partial charge on any atom is -0.322 e. The molecule has 0 saturated heterocycles. The fourth-order valence-electron chi connectivity index (χ4n) is 1.87. The molecule has 0 fully saturated rings. The predicted octanol–water partition coefficient (Wildman–Crippen LogP) is 2.43. The van der Waals surface area contributed by atoms with Crippen molar-refractivity contribution in [1.82, 2.24) is 20.2 Å². The van der Waals surface area contributed by atoms with Gasteiger partial charge in [-0.1, -0.05) is 0 Å². The Balaban J connectivity index is 1.74. The number of hydrogen-bond acceptors (Lipinski definition) is 4. The molecule has 0 saturated carbocycles. The first kappa shape index (κ1) is 13.0. The Bertz CT molecular complexity index is 749. The molecule has 1 aromatic carbocycles. The summed E-state index contributed by atoms with van der Waals surface area (Å²) in [7, 11) is 0. The van der Waals surface area contributed by atoms with Crippen molar-refractivity contribution in [1.29, 1.82) is 0 Å². The standard InChI is InChI=1S/C15H13N5O/c1-10-17-14(20-19-10)11-4-6-13(7-5-11)18-15(21)12-3-2-8-16-9-12/h2-9H,1H3,(H,18,21)(H,17,19,20). The predicted molar refractivity (Wildman–Crippen MR) is 78.7 cm³/mol. The van der Waals surface area contributed by atoms with Gasteiger partial charge in [-0.25, -0.2) is 4.98 Å². The number of carbonyl (C=O) groups excluding carboxylic acids is 1. The van der Waals surface area contributed by atoms with Crippen molar-refractivity contribution in [2.45, 2.75) is 6.92 Å². The van der Waals surface area contributed by atoms with E-state index in [-0.39, 0.29) is 5.91 Å². The number of hydrogen-bond donors (Lipinski definition) is 2. The summed E-state index contributed by atoms with van der Waals surface area (Å²) in [6, 6.07) is 10.8. The van der Waals surface area contributed by atoms with Gasteiger partial charge in [-0.2, -0.15) is 5.10 Å². The highest BCUT2D eigenvalue weighted by Crippen LogP contribution is 2.18. The number of benzene rings is 1. The Morgan fingerprint density at radius 2 is 2.00 bits per heavy atom. The van der Waals surface area contributed by atoms with Crippen molar-refractivity contribution in [3.8, 4) is 11.4 Å². The summed E-state index contributed by atoms with van der Waals surface area (Å²) in [6.07, 6.45) is 3.16. The molecule has 2 aromatic heterocycles. The molecule has 0 bridgehead atoms. The van der Waals surface area contributed by atoms with Crippen molar-refractivity contribution < 1.29 is 4.79 Å². The summed E-state index contributed by atoms with van der Waals surface area (Å²) < 4.78 is 0. The second kappa shape index (κ2) is 5.54. The zero-order valence-corrected chi connectivity index (χ0v) is 11.4. The average molecular weight is 279 g/mol. The second-order valence-corrected chi connectivity index (χ2v) is 4.52. The van der Waals surface area contributed by atoms with Crippen molar-refractivity contribution in [2.24, 2.45) is 0 Å². The molecule has 3 aromatic rings. The normalized spacial score (nSPS) is 10.3. The first-order valence-electron chi connectivity index (χ1n) is 6.43. The topological polar surface area (TPSA) is 83.6 Å². The van der Waals surface area contributed by atoms with Crippen LogP contribution in [0.15, 0.2) is 48.8 Å². The first-order valence-corrected chi connectivity index (χ1v) is 6.43. The quantitative estimate of drug-likeness (QED) is 0.771. The smallest absolute Gasteiger partial charge is 0.257 e. The van der Waals surface area contributed by atoms with Crippen LogP contribution in [-0.4, -0.2) is 26.1 Å². The van der Waals surface area contributed by atoms with Gasteiger partial charge in [-0.05, 0) is 43.3 Å². The number of rotatable bonds is 3. The summed E-state index contributed by atoms with van der Waals surface area (Å²) in [5, 5.41) is 9.70. The van der Waals surface area contributed by atoms with Gasteiger partial charge in [0.2, 0.25) is 0 Å². The van der Waals surface area contributed by atoms with Crippen LogP contribution in [0.3, 0.4) is 0 Å². The monoisotopic (exact) mass is 279 g/mol. The molecule has 2 N–H and O–H groups in total. The lowest BCUT2D eigenvalue weighted by Crippen LogP contribution is -2.11. The van der Waals surface area contributed by atoms with Crippen LogP contribution >= 0.6 is 0 Å². The molecule has 104 valence electrons. The van der Waals surface area contributed by atoms with Crippen LogP contribution in [0.5, 0.6) is 0 Å². The Kier molecular flexibility index (Phi) is 3.42. The van der Waals surface area contributed by atoms with Crippen LogP contribution in [0.1, 0.15) is 16.2 Å². The second-order valence-electron chi connectivity index (χ2n) is 4.52. The maximum atomic E-state index is 12.0. The largest absolute Gasteiger partial charge is 0.322 e. The lowest BCUT2D eigenvalue weighted by atomic mass is 10.2. The lowest BCUT2D eigenvalue weighted by Gasteiger charge is -2.05. The molecule has 0 radical (unpaired) electrons.